The Morgan fingerprint density at radius 3 is 2.62 bits per heavy atom. The molecule has 0 unspecified atom stereocenters. The van der Waals surface area contributed by atoms with E-state index in [4.69, 9.17) is 12.2 Å². The number of hydrogen-bond donors (Lipinski definition) is 2. The van der Waals surface area contributed by atoms with Crippen molar-refractivity contribution in [3.63, 3.8) is 0 Å². The number of thiocarbonyl (C=S) groups is 1. The van der Waals surface area contributed by atoms with Crippen LogP contribution in [0.25, 0.3) is 0 Å². The van der Waals surface area contributed by atoms with E-state index < -0.39 is 4.92 Å². The number of nitro benzene ring substituents is 1. The molecule has 1 heterocycles. The van der Waals surface area contributed by atoms with Crippen LogP contribution in [-0.4, -0.2) is 19.8 Å². The van der Waals surface area contributed by atoms with Gasteiger partial charge in [0.15, 0.2) is 5.11 Å². The van der Waals surface area contributed by atoms with Crippen LogP contribution in [0.4, 0.5) is 11.4 Å². The highest BCUT2D eigenvalue weighted by atomic mass is 32.1. The van der Waals surface area contributed by atoms with Gasteiger partial charge in [-0.2, -0.15) is 5.10 Å². The van der Waals surface area contributed by atoms with Crippen LogP contribution in [0.5, 0.6) is 0 Å². The third kappa shape index (κ3) is 3.99. The van der Waals surface area contributed by atoms with E-state index in [-0.39, 0.29) is 5.69 Å². The fraction of sp³-hybridized carbons (Fsp3) is 0.231. The largest absolute Gasteiger partial charge is 0.358 e. The summed E-state index contributed by atoms with van der Waals surface area (Å²) in [5.41, 5.74) is 2.75. The van der Waals surface area contributed by atoms with Crippen molar-refractivity contribution >= 4 is 28.7 Å². The Hall–Kier alpha value is -2.48. The second-order valence-corrected chi connectivity index (χ2v) is 4.93. The molecule has 0 aliphatic carbocycles. The first-order valence-electron chi connectivity index (χ1n) is 6.24. The highest BCUT2D eigenvalue weighted by Gasteiger charge is 2.06. The fourth-order valence-electron chi connectivity index (χ4n) is 1.84. The molecule has 2 N–H and O–H groups in total. The molecule has 110 valence electrons. The van der Waals surface area contributed by atoms with E-state index in [0.717, 1.165) is 11.3 Å². The summed E-state index contributed by atoms with van der Waals surface area (Å²) in [7, 11) is 1.87. The van der Waals surface area contributed by atoms with Gasteiger partial charge >= 0.3 is 0 Å². The molecule has 8 heteroatoms. The van der Waals surface area contributed by atoms with Crippen molar-refractivity contribution in [3.8, 4) is 0 Å². The Bertz CT molecular complexity index is 666. The fourth-order valence-corrected chi connectivity index (χ4v) is 2.03. The summed E-state index contributed by atoms with van der Waals surface area (Å²) in [6.07, 6.45) is 1.93. The van der Waals surface area contributed by atoms with Gasteiger partial charge in [0, 0.05) is 43.2 Å². The van der Waals surface area contributed by atoms with Gasteiger partial charge in [-0.05, 0) is 31.3 Å². The van der Waals surface area contributed by atoms with E-state index in [1.165, 1.54) is 12.1 Å². The average molecular weight is 305 g/mol. The van der Waals surface area contributed by atoms with Crippen LogP contribution in [0, 0.1) is 17.0 Å². The molecule has 0 atom stereocenters. The number of anilines is 1. The molecule has 0 aliphatic rings. The van der Waals surface area contributed by atoms with Crippen molar-refractivity contribution in [2.75, 3.05) is 5.32 Å². The smallest absolute Gasteiger partial charge is 0.269 e. The van der Waals surface area contributed by atoms with Crippen LogP contribution in [-0.2, 0) is 13.6 Å². The number of rotatable bonds is 4. The number of aryl methyl sites for hydroxylation is 2. The number of nitrogens with zero attached hydrogens (tertiary/aromatic N) is 3. The van der Waals surface area contributed by atoms with Gasteiger partial charge in [0.1, 0.15) is 0 Å². The first-order chi connectivity index (χ1) is 9.95. The summed E-state index contributed by atoms with van der Waals surface area (Å²) in [6, 6.07) is 6.08. The second-order valence-electron chi connectivity index (χ2n) is 4.53. The van der Waals surface area contributed by atoms with Crippen LogP contribution < -0.4 is 10.6 Å². The van der Waals surface area contributed by atoms with E-state index in [9.17, 15) is 10.1 Å². The van der Waals surface area contributed by atoms with Gasteiger partial charge in [0.2, 0.25) is 0 Å². The molecular weight excluding hydrogens is 290 g/mol. The van der Waals surface area contributed by atoms with E-state index in [1.54, 1.807) is 16.8 Å². The molecule has 2 rings (SSSR count). The molecule has 0 spiro atoms. The number of hydrogen-bond acceptors (Lipinski definition) is 4. The van der Waals surface area contributed by atoms with Gasteiger partial charge < -0.3 is 10.6 Å². The zero-order chi connectivity index (χ0) is 15.4. The molecule has 0 radical (unpaired) electrons. The van der Waals surface area contributed by atoms with Crippen LogP contribution in [0.15, 0.2) is 30.5 Å². The molecular formula is C13H15N5O2S. The third-order valence-corrected chi connectivity index (χ3v) is 3.14. The number of non-ortho nitro benzene ring substituents is 1. The van der Waals surface area contributed by atoms with Crippen molar-refractivity contribution in [2.45, 2.75) is 13.5 Å². The molecule has 7 nitrogen and oxygen atoms in total. The van der Waals surface area contributed by atoms with Crippen molar-refractivity contribution < 1.29 is 4.92 Å². The first-order valence-corrected chi connectivity index (χ1v) is 6.65. The van der Waals surface area contributed by atoms with Gasteiger partial charge in [0.05, 0.1) is 10.6 Å². The predicted octanol–water partition coefficient (Wildman–Crippen LogP) is 2.12. The van der Waals surface area contributed by atoms with Crippen molar-refractivity contribution in [2.24, 2.45) is 7.05 Å². The minimum absolute atomic E-state index is 0.0467. The molecule has 1 aromatic heterocycles. The molecule has 0 aliphatic heterocycles. The lowest BCUT2D eigenvalue weighted by Gasteiger charge is -2.09. The molecule has 0 saturated heterocycles. The summed E-state index contributed by atoms with van der Waals surface area (Å²) in [4.78, 5) is 10.1. The normalized spacial score (nSPS) is 10.2. The summed E-state index contributed by atoms with van der Waals surface area (Å²) in [5.74, 6) is 0. The Labute approximate surface area is 127 Å². The van der Waals surface area contributed by atoms with Gasteiger partial charge in [0.25, 0.3) is 5.69 Å². The van der Waals surface area contributed by atoms with Crippen LogP contribution in [0.1, 0.15) is 11.3 Å². The second kappa shape index (κ2) is 6.31. The topological polar surface area (TPSA) is 85.0 Å². The lowest BCUT2D eigenvalue weighted by Crippen LogP contribution is -2.27. The van der Waals surface area contributed by atoms with Gasteiger partial charge in [-0.3, -0.25) is 14.8 Å². The summed E-state index contributed by atoms with van der Waals surface area (Å²) >= 11 is 5.19. The lowest BCUT2D eigenvalue weighted by atomic mass is 10.2. The third-order valence-electron chi connectivity index (χ3n) is 2.89. The minimum atomic E-state index is -0.439. The Balaban J connectivity index is 1.89. The van der Waals surface area contributed by atoms with Crippen molar-refractivity contribution in [3.05, 3.63) is 51.8 Å². The van der Waals surface area contributed by atoms with Gasteiger partial charge in [-0.15, -0.1) is 0 Å². The molecule has 0 amide bonds. The van der Waals surface area contributed by atoms with Crippen molar-refractivity contribution in [1.29, 1.82) is 0 Å². The molecule has 0 fully saturated rings. The average Bonchev–Trinajstić information content (AvgIpc) is 2.75. The summed E-state index contributed by atoms with van der Waals surface area (Å²) in [5, 5.41) is 21.3. The Morgan fingerprint density at radius 2 is 2.10 bits per heavy atom. The molecule has 2 aromatic rings. The first kappa shape index (κ1) is 14.9. The lowest BCUT2D eigenvalue weighted by molar-refractivity contribution is -0.384. The van der Waals surface area contributed by atoms with E-state index in [1.807, 2.05) is 20.2 Å². The SMILES string of the molecule is Cc1nn(C)cc1CNC(=S)Nc1ccc([N+](=O)[O-])cc1. The quantitative estimate of drug-likeness (QED) is 0.511. The summed E-state index contributed by atoms with van der Waals surface area (Å²) < 4.78 is 1.75. The standard InChI is InChI=1S/C13H15N5O2S/c1-9-10(8-17(2)16-9)7-14-13(21)15-11-3-5-12(6-4-11)18(19)20/h3-6,8H,7H2,1-2H3,(H2,14,15,21). The highest BCUT2D eigenvalue weighted by molar-refractivity contribution is 7.80. The maximum atomic E-state index is 10.6. The summed E-state index contributed by atoms with van der Waals surface area (Å²) in [6.45, 7) is 2.50. The predicted molar refractivity (Wildman–Crippen MR) is 84.1 cm³/mol. The van der Waals surface area contributed by atoms with E-state index in [2.05, 4.69) is 15.7 Å². The number of nitrogens with one attached hydrogen (secondary N) is 2. The van der Waals surface area contributed by atoms with E-state index in [0.29, 0.717) is 17.3 Å². The minimum Gasteiger partial charge on any atom is -0.358 e. The van der Waals surface area contributed by atoms with Gasteiger partial charge in [-0.25, -0.2) is 0 Å². The molecule has 0 bridgehead atoms. The van der Waals surface area contributed by atoms with Crippen molar-refractivity contribution in [1.82, 2.24) is 15.1 Å². The number of aromatic nitrogens is 2. The zero-order valence-electron chi connectivity index (χ0n) is 11.7. The molecule has 0 saturated carbocycles. The number of nitro groups is 1. The van der Waals surface area contributed by atoms with Crippen LogP contribution in [0.3, 0.4) is 0 Å². The molecule has 1 aromatic carbocycles. The zero-order valence-corrected chi connectivity index (χ0v) is 12.5. The van der Waals surface area contributed by atoms with Gasteiger partial charge in [-0.1, -0.05) is 0 Å². The number of benzene rings is 1. The Morgan fingerprint density at radius 1 is 1.43 bits per heavy atom. The molecule has 21 heavy (non-hydrogen) atoms. The maximum absolute atomic E-state index is 10.6. The van der Waals surface area contributed by atoms with Crippen LogP contribution >= 0.6 is 12.2 Å². The van der Waals surface area contributed by atoms with Crippen LogP contribution in [0.2, 0.25) is 0 Å². The monoisotopic (exact) mass is 305 g/mol. The maximum Gasteiger partial charge on any atom is 0.269 e. The Kier molecular flexibility index (Phi) is 4.49. The highest BCUT2D eigenvalue weighted by Crippen LogP contribution is 2.15. The van der Waals surface area contributed by atoms with E-state index >= 15 is 0 Å².